The standard InChI is InChI=1S/C27H26N2O6S/c1-16(2)24(27(31)32)29-36(33,34)21-14-10-19(11-15-21)18-8-12-20(13-9-18)28-26(30)25-17(3)22-6-4-5-7-23(22)35-25/h4-16,24,29H,1-3H3,(H,28,30)(H,31,32)/t24-/m0/s1. The second-order valence-corrected chi connectivity index (χ2v) is 10.5. The quantitative estimate of drug-likeness (QED) is 0.307. The number of carboxylic acid groups (broad SMARTS) is 1. The number of nitrogens with one attached hydrogen (secondary N) is 2. The molecule has 0 aliphatic heterocycles. The Kier molecular flexibility index (Phi) is 6.96. The summed E-state index contributed by atoms with van der Waals surface area (Å²) in [7, 11) is -4.00. The van der Waals surface area contributed by atoms with E-state index in [4.69, 9.17) is 4.42 Å². The smallest absolute Gasteiger partial charge is 0.322 e. The van der Waals surface area contributed by atoms with E-state index in [1.807, 2.05) is 43.3 Å². The van der Waals surface area contributed by atoms with Crippen LogP contribution in [0, 0.1) is 12.8 Å². The Morgan fingerprint density at radius 3 is 2.03 bits per heavy atom. The molecule has 9 heteroatoms. The molecule has 0 unspecified atom stereocenters. The first-order valence-corrected chi connectivity index (χ1v) is 12.8. The molecule has 3 N–H and O–H groups in total. The van der Waals surface area contributed by atoms with Gasteiger partial charge in [-0.25, -0.2) is 8.42 Å². The highest BCUT2D eigenvalue weighted by atomic mass is 32.2. The summed E-state index contributed by atoms with van der Waals surface area (Å²) in [5, 5.41) is 13.0. The number of carbonyl (C=O) groups is 2. The van der Waals surface area contributed by atoms with Crippen LogP contribution in [0.5, 0.6) is 0 Å². The molecule has 0 spiro atoms. The number of furan rings is 1. The number of carboxylic acids is 1. The summed E-state index contributed by atoms with van der Waals surface area (Å²) < 4.78 is 33.2. The van der Waals surface area contributed by atoms with E-state index in [1.54, 1.807) is 38.1 Å². The third-order valence-electron chi connectivity index (χ3n) is 5.91. The number of hydrogen-bond acceptors (Lipinski definition) is 5. The van der Waals surface area contributed by atoms with Crippen LogP contribution in [0.2, 0.25) is 0 Å². The maximum Gasteiger partial charge on any atom is 0.322 e. The van der Waals surface area contributed by atoms with Gasteiger partial charge >= 0.3 is 5.97 Å². The molecule has 4 rings (SSSR count). The summed E-state index contributed by atoms with van der Waals surface area (Å²) in [5.41, 5.74) is 3.58. The zero-order chi connectivity index (χ0) is 26.0. The molecule has 0 aliphatic rings. The molecule has 186 valence electrons. The number of amides is 1. The average Bonchev–Trinajstić information content (AvgIpc) is 3.19. The van der Waals surface area contributed by atoms with Crippen LogP contribution in [0.4, 0.5) is 5.69 Å². The molecule has 36 heavy (non-hydrogen) atoms. The Morgan fingerprint density at radius 2 is 1.47 bits per heavy atom. The summed E-state index contributed by atoms with van der Waals surface area (Å²) >= 11 is 0. The molecular weight excluding hydrogens is 480 g/mol. The van der Waals surface area contributed by atoms with Gasteiger partial charge in [0.2, 0.25) is 10.0 Å². The maximum absolute atomic E-state index is 12.7. The SMILES string of the molecule is Cc1c(C(=O)Nc2ccc(-c3ccc(S(=O)(=O)N[C@H](C(=O)O)C(C)C)cc3)cc2)oc2ccccc12. The van der Waals surface area contributed by atoms with E-state index in [0.29, 0.717) is 11.3 Å². The van der Waals surface area contributed by atoms with Crippen LogP contribution in [0.15, 0.2) is 82.1 Å². The predicted molar refractivity (Wildman–Crippen MR) is 137 cm³/mol. The number of benzene rings is 3. The summed E-state index contributed by atoms with van der Waals surface area (Å²) in [5.74, 6) is -1.73. The van der Waals surface area contributed by atoms with E-state index >= 15 is 0 Å². The monoisotopic (exact) mass is 506 g/mol. The molecule has 0 fully saturated rings. The van der Waals surface area contributed by atoms with Gasteiger partial charge in [-0.1, -0.05) is 56.3 Å². The van der Waals surface area contributed by atoms with Crippen molar-refractivity contribution < 1.29 is 27.5 Å². The van der Waals surface area contributed by atoms with Crippen LogP contribution < -0.4 is 10.0 Å². The van der Waals surface area contributed by atoms with Crippen molar-refractivity contribution in [2.24, 2.45) is 5.92 Å². The van der Waals surface area contributed by atoms with Crippen LogP contribution in [0.25, 0.3) is 22.1 Å². The molecule has 0 saturated carbocycles. The fourth-order valence-corrected chi connectivity index (χ4v) is 5.20. The molecule has 0 saturated heterocycles. The Balaban J connectivity index is 1.47. The average molecular weight is 507 g/mol. The minimum atomic E-state index is -4.00. The van der Waals surface area contributed by atoms with E-state index in [1.165, 1.54) is 12.1 Å². The lowest BCUT2D eigenvalue weighted by Crippen LogP contribution is -2.44. The Labute approximate surface area is 209 Å². The summed E-state index contributed by atoms with van der Waals surface area (Å²) in [6.07, 6.45) is 0. The van der Waals surface area contributed by atoms with Gasteiger partial charge in [0.15, 0.2) is 5.76 Å². The van der Waals surface area contributed by atoms with Crippen molar-refractivity contribution in [1.82, 2.24) is 4.72 Å². The molecule has 4 aromatic rings. The van der Waals surface area contributed by atoms with Crippen molar-refractivity contribution in [3.05, 3.63) is 84.1 Å². The molecule has 0 aliphatic carbocycles. The van der Waals surface area contributed by atoms with Crippen molar-refractivity contribution in [2.75, 3.05) is 5.32 Å². The Bertz CT molecular complexity index is 1520. The van der Waals surface area contributed by atoms with Gasteiger partial charge in [-0.15, -0.1) is 0 Å². The first-order chi connectivity index (χ1) is 17.1. The fraction of sp³-hybridized carbons (Fsp3) is 0.185. The van der Waals surface area contributed by atoms with Gasteiger partial charge in [-0.3, -0.25) is 9.59 Å². The van der Waals surface area contributed by atoms with Crippen LogP contribution >= 0.6 is 0 Å². The highest BCUT2D eigenvalue weighted by Gasteiger charge is 2.28. The molecule has 1 amide bonds. The molecule has 0 bridgehead atoms. The molecular formula is C27H26N2O6S. The van der Waals surface area contributed by atoms with E-state index in [9.17, 15) is 23.1 Å². The van der Waals surface area contributed by atoms with Crippen molar-refractivity contribution >= 4 is 38.6 Å². The number of fused-ring (bicyclic) bond motifs is 1. The Hall–Kier alpha value is -3.95. The first kappa shape index (κ1) is 25.2. The highest BCUT2D eigenvalue weighted by Crippen LogP contribution is 2.27. The summed E-state index contributed by atoms with van der Waals surface area (Å²) in [6.45, 7) is 5.11. The number of anilines is 1. The van der Waals surface area contributed by atoms with Crippen LogP contribution in [0.3, 0.4) is 0 Å². The lowest BCUT2D eigenvalue weighted by atomic mass is 10.1. The van der Waals surface area contributed by atoms with Crippen molar-refractivity contribution in [2.45, 2.75) is 31.7 Å². The molecule has 1 aromatic heterocycles. The number of para-hydroxylation sites is 1. The van der Waals surface area contributed by atoms with E-state index in [-0.39, 0.29) is 16.6 Å². The maximum atomic E-state index is 12.7. The molecule has 3 aromatic carbocycles. The lowest BCUT2D eigenvalue weighted by Gasteiger charge is -2.18. The van der Waals surface area contributed by atoms with Gasteiger partial charge in [0.05, 0.1) is 4.90 Å². The molecule has 0 radical (unpaired) electrons. The normalized spacial score (nSPS) is 12.6. The van der Waals surface area contributed by atoms with E-state index in [2.05, 4.69) is 10.0 Å². The van der Waals surface area contributed by atoms with Gasteiger partial charge in [-0.2, -0.15) is 4.72 Å². The number of hydrogen-bond donors (Lipinski definition) is 3. The predicted octanol–water partition coefficient (Wildman–Crippen LogP) is 5.05. The van der Waals surface area contributed by atoms with Crippen molar-refractivity contribution in [3.63, 3.8) is 0 Å². The van der Waals surface area contributed by atoms with Gasteiger partial charge in [0, 0.05) is 16.6 Å². The third-order valence-corrected chi connectivity index (χ3v) is 7.36. The minimum Gasteiger partial charge on any atom is -0.480 e. The molecule has 1 atom stereocenters. The van der Waals surface area contributed by atoms with Crippen molar-refractivity contribution in [3.8, 4) is 11.1 Å². The van der Waals surface area contributed by atoms with Crippen LogP contribution in [-0.2, 0) is 14.8 Å². The number of carbonyl (C=O) groups excluding carboxylic acids is 1. The topological polar surface area (TPSA) is 126 Å². The second kappa shape index (κ2) is 9.96. The van der Waals surface area contributed by atoms with E-state index in [0.717, 1.165) is 22.1 Å². The summed E-state index contributed by atoms with van der Waals surface area (Å²) in [6, 6.07) is 19.5. The Morgan fingerprint density at radius 1 is 0.889 bits per heavy atom. The van der Waals surface area contributed by atoms with Crippen molar-refractivity contribution in [1.29, 1.82) is 0 Å². The number of rotatable bonds is 8. The highest BCUT2D eigenvalue weighted by molar-refractivity contribution is 7.89. The third kappa shape index (κ3) is 5.17. The fourth-order valence-electron chi connectivity index (χ4n) is 3.86. The lowest BCUT2D eigenvalue weighted by molar-refractivity contribution is -0.140. The van der Waals surface area contributed by atoms with Gasteiger partial charge in [-0.05, 0) is 54.3 Å². The largest absolute Gasteiger partial charge is 0.480 e. The zero-order valence-electron chi connectivity index (χ0n) is 20.0. The molecule has 8 nitrogen and oxygen atoms in total. The van der Waals surface area contributed by atoms with Crippen LogP contribution in [-0.4, -0.2) is 31.4 Å². The first-order valence-electron chi connectivity index (χ1n) is 11.3. The molecule has 1 heterocycles. The minimum absolute atomic E-state index is 0.0248. The van der Waals surface area contributed by atoms with Gasteiger partial charge < -0.3 is 14.8 Å². The second-order valence-electron chi connectivity index (χ2n) is 8.79. The number of aliphatic carboxylic acids is 1. The zero-order valence-corrected chi connectivity index (χ0v) is 20.8. The summed E-state index contributed by atoms with van der Waals surface area (Å²) in [4.78, 5) is 24.1. The number of aryl methyl sites for hydroxylation is 1. The van der Waals surface area contributed by atoms with E-state index < -0.39 is 28.0 Å². The van der Waals surface area contributed by atoms with Crippen LogP contribution in [0.1, 0.15) is 30.0 Å². The van der Waals surface area contributed by atoms with Gasteiger partial charge in [0.1, 0.15) is 11.6 Å². The van der Waals surface area contributed by atoms with Gasteiger partial charge in [0.25, 0.3) is 5.91 Å². The number of sulfonamides is 1.